The van der Waals surface area contributed by atoms with Crippen LogP contribution in [0.15, 0.2) is 143 Å². The summed E-state index contributed by atoms with van der Waals surface area (Å²) in [5, 5.41) is 9.68. The zero-order valence-electron chi connectivity index (χ0n) is 23.3. The van der Waals surface area contributed by atoms with Gasteiger partial charge in [-0.25, -0.2) is 0 Å². The van der Waals surface area contributed by atoms with Gasteiger partial charge in [-0.1, -0.05) is 96.1 Å². The summed E-state index contributed by atoms with van der Waals surface area (Å²) in [4.78, 5) is 0. The molecule has 8 rings (SSSR count). The van der Waals surface area contributed by atoms with Gasteiger partial charge in [-0.2, -0.15) is 0 Å². The Kier molecular flexibility index (Phi) is 8.97. The van der Waals surface area contributed by atoms with E-state index in [1.54, 1.807) is 0 Å². The van der Waals surface area contributed by atoms with Crippen LogP contribution < -0.4 is 0 Å². The van der Waals surface area contributed by atoms with Crippen molar-refractivity contribution in [3.63, 3.8) is 0 Å². The molecule has 2 heterocycles. The maximum atomic E-state index is 5.73. The van der Waals surface area contributed by atoms with Crippen molar-refractivity contribution in [2.45, 2.75) is 13.1 Å². The summed E-state index contributed by atoms with van der Waals surface area (Å²) in [5.41, 5.74) is 2.08. The van der Waals surface area contributed by atoms with Gasteiger partial charge in [0.2, 0.25) is 0 Å². The Hall–Kier alpha value is -3.14. The first kappa shape index (κ1) is 29.0. The maximum Gasteiger partial charge on any atom is 0.0875 e. The van der Waals surface area contributed by atoms with Crippen LogP contribution in [0.25, 0.3) is 65.7 Å². The average Bonchev–Trinajstić information content (AvgIpc) is 3.80. The van der Waals surface area contributed by atoms with E-state index < -0.39 is 18.0 Å². The van der Waals surface area contributed by atoms with Gasteiger partial charge in [0.1, 0.15) is 0 Å². The predicted octanol–water partition coefficient (Wildman–Crippen LogP) is 12.1. The minimum absolute atomic E-state index is 0.224. The summed E-state index contributed by atoms with van der Waals surface area (Å²) < 4.78 is 11.5. The number of hydrogen-bond acceptors (Lipinski definition) is 2. The maximum absolute atomic E-state index is 5.73. The summed E-state index contributed by atoms with van der Waals surface area (Å²) >= 11 is -1.65. The standard InChI is InChI=1S/2C17H11O.C2H6Si.2ClH.Zr/c2*1-2-6-13-10-15(9-12(13)5-1)17-16-8-4-3-7-14(16)11-18-17;1-3-2;;;/h2*1-11H;1-2H3;2*1H;/q2*-1;;;;+2/p-2. The molecule has 2 aromatic heterocycles. The van der Waals surface area contributed by atoms with E-state index in [1.807, 2.05) is 36.8 Å². The third-order valence-corrected chi connectivity index (χ3v) is 26.9. The van der Waals surface area contributed by atoms with Crippen LogP contribution in [0.4, 0.5) is 0 Å². The summed E-state index contributed by atoms with van der Waals surface area (Å²) in [6.45, 7) is 4.33. The van der Waals surface area contributed by atoms with Crippen LogP contribution in [0.3, 0.4) is 0 Å². The Morgan fingerprint density at radius 2 is 0.905 bits per heavy atom. The largest absolute Gasteiger partial charge is 0.498 e. The molecule has 0 N–H and O–H groups in total. The average molecular weight is 683 g/mol. The third kappa shape index (κ3) is 6.28. The van der Waals surface area contributed by atoms with E-state index in [0.717, 1.165) is 33.4 Å². The van der Waals surface area contributed by atoms with E-state index in [2.05, 4.69) is 110 Å². The second kappa shape index (κ2) is 13.0. The molecule has 8 aromatic rings. The molecule has 208 valence electrons. The second-order valence-electron chi connectivity index (χ2n) is 10.3. The Bertz CT molecular complexity index is 1930. The van der Waals surface area contributed by atoms with E-state index in [-0.39, 0.29) is 5.43 Å². The summed E-state index contributed by atoms with van der Waals surface area (Å²) in [6, 6.07) is 42.0. The molecule has 0 saturated carbocycles. The van der Waals surface area contributed by atoms with E-state index >= 15 is 0 Å². The Morgan fingerprint density at radius 3 is 1.29 bits per heavy atom. The van der Waals surface area contributed by atoms with Gasteiger partial charge < -0.3 is 8.83 Å². The van der Waals surface area contributed by atoms with Gasteiger partial charge in [0, 0.05) is 10.8 Å². The number of halogens is 2. The van der Waals surface area contributed by atoms with Crippen molar-refractivity contribution >= 4 is 65.5 Å². The van der Waals surface area contributed by atoms with Gasteiger partial charge in [-0.05, 0) is 10.8 Å². The van der Waals surface area contributed by atoms with Crippen LogP contribution in [-0.2, 0) is 18.0 Å². The van der Waals surface area contributed by atoms with Crippen molar-refractivity contribution < 1.29 is 26.8 Å². The molecular weight excluding hydrogens is 655 g/mol. The van der Waals surface area contributed by atoms with Crippen molar-refractivity contribution in [1.29, 1.82) is 0 Å². The molecule has 0 atom stereocenters. The fourth-order valence-electron chi connectivity index (χ4n) is 5.00. The monoisotopic (exact) mass is 680 g/mol. The van der Waals surface area contributed by atoms with E-state index in [1.165, 1.54) is 32.3 Å². The molecule has 0 radical (unpaired) electrons. The molecule has 0 saturated heterocycles. The summed E-state index contributed by atoms with van der Waals surface area (Å²) in [6.07, 6.45) is 3.64. The molecular formula is C36H28Cl2O2SiZr-2. The SMILES string of the molecule is C[Si](C)=[Zr]([Cl])[Cl].c1ccc2[cH-]c(-c3occ4ccccc34)cc2c1.c1ccc2[cH-]c(-c3occ4ccccc34)cc2c1. The van der Waals surface area contributed by atoms with E-state index in [4.69, 9.17) is 25.9 Å². The zero-order chi connectivity index (χ0) is 29.1. The number of benzene rings is 4. The minimum atomic E-state index is -1.65. The fourth-order valence-corrected chi connectivity index (χ4v) is 5.00. The molecule has 0 fully saturated rings. The molecule has 2 nitrogen and oxygen atoms in total. The molecule has 6 heteroatoms. The normalized spacial score (nSPS) is 10.9. The van der Waals surface area contributed by atoms with Crippen LogP contribution in [-0.4, -0.2) is 5.43 Å². The first-order chi connectivity index (χ1) is 20.5. The van der Waals surface area contributed by atoms with Crippen molar-refractivity contribution in [1.82, 2.24) is 0 Å². The van der Waals surface area contributed by atoms with Crippen molar-refractivity contribution in [3.8, 4) is 22.6 Å². The molecule has 6 aromatic carbocycles. The number of hydrogen-bond donors (Lipinski definition) is 0. The van der Waals surface area contributed by atoms with Crippen LogP contribution in [0.5, 0.6) is 0 Å². The molecule has 0 aliphatic heterocycles. The zero-order valence-corrected chi connectivity index (χ0v) is 28.2. The number of rotatable bonds is 2. The molecule has 42 heavy (non-hydrogen) atoms. The van der Waals surface area contributed by atoms with Crippen molar-refractivity contribution in [2.75, 3.05) is 0 Å². The summed E-state index contributed by atoms with van der Waals surface area (Å²) in [5.74, 6) is 1.92. The molecule has 0 amide bonds. The van der Waals surface area contributed by atoms with Crippen molar-refractivity contribution in [2.24, 2.45) is 0 Å². The van der Waals surface area contributed by atoms with Gasteiger partial charge in [-0.3, -0.25) is 0 Å². The number of fused-ring (bicyclic) bond motifs is 4. The summed E-state index contributed by atoms with van der Waals surface area (Å²) in [7, 11) is 11.2. The number of furan rings is 2. The van der Waals surface area contributed by atoms with Crippen LogP contribution >= 0.6 is 17.0 Å². The van der Waals surface area contributed by atoms with Crippen LogP contribution in [0.1, 0.15) is 0 Å². The Labute approximate surface area is 260 Å². The third-order valence-electron chi connectivity index (χ3n) is 7.16. The fraction of sp³-hybridized carbons (Fsp3) is 0.0556. The topological polar surface area (TPSA) is 26.3 Å². The van der Waals surface area contributed by atoms with Gasteiger partial charge in [0.05, 0.1) is 24.0 Å². The smallest absolute Gasteiger partial charge is 0.0875 e. The van der Waals surface area contributed by atoms with Crippen LogP contribution in [0, 0.1) is 0 Å². The minimum Gasteiger partial charge on any atom is -0.498 e. The van der Waals surface area contributed by atoms with Crippen molar-refractivity contribution in [3.05, 3.63) is 134 Å². The molecule has 0 spiro atoms. The molecule has 0 aliphatic rings. The molecule has 0 aliphatic carbocycles. The predicted molar refractivity (Wildman–Crippen MR) is 179 cm³/mol. The Morgan fingerprint density at radius 1 is 0.548 bits per heavy atom. The molecule has 0 bridgehead atoms. The van der Waals surface area contributed by atoms with E-state index in [9.17, 15) is 0 Å². The van der Waals surface area contributed by atoms with Gasteiger partial charge in [0.15, 0.2) is 0 Å². The van der Waals surface area contributed by atoms with Crippen LogP contribution in [0.2, 0.25) is 13.1 Å². The first-order valence-electron chi connectivity index (χ1n) is 13.7. The second-order valence-corrected chi connectivity index (χ2v) is 33.3. The van der Waals surface area contributed by atoms with Gasteiger partial charge in [-0.15, -0.1) is 57.9 Å². The van der Waals surface area contributed by atoms with Gasteiger partial charge in [0.25, 0.3) is 0 Å². The van der Waals surface area contributed by atoms with Gasteiger partial charge >= 0.3 is 53.5 Å². The quantitative estimate of drug-likeness (QED) is 0.134. The molecule has 0 unspecified atom stereocenters. The first-order valence-corrected chi connectivity index (χ1v) is 26.2. The Balaban J connectivity index is 0.000000127. The van der Waals surface area contributed by atoms with E-state index in [0.29, 0.717) is 0 Å².